The average molecular weight is 306 g/mol. The average Bonchev–Trinajstić information content (AvgIpc) is 2.63. The molecule has 18 heavy (non-hydrogen) atoms. The molecule has 1 aliphatic rings. The van der Waals surface area contributed by atoms with Gasteiger partial charge in [-0.15, -0.1) is 0 Å². The molecule has 90 valence electrons. The summed E-state index contributed by atoms with van der Waals surface area (Å²) in [5.74, 6) is -0.239. The summed E-state index contributed by atoms with van der Waals surface area (Å²) in [5, 5.41) is 9.41. The number of para-hydroxylation sites is 1. The van der Waals surface area contributed by atoms with Crippen LogP contribution in [0.4, 0.5) is 5.69 Å². The van der Waals surface area contributed by atoms with Gasteiger partial charge in [-0.2, -0.15) is 0 Å². The number of benzene rings is 2. The zero-order valence-corrected chi connectivity index (χ0v) is 11.0. The predicted octanol–water partition coefficient (Wildman–Crippen LogP) is 1.18. The van der Waals surface area contributed by atoms with E-state index in [1.54, 1.807) is 24.3 Å². The van der Waals surface area contributed by atoms with Crippen LogP contribution < -0.4 is 8.38 Å². The summed E-state index contributed by atoms with van der Waals surface area (Å²) in [7, 11) is 0. The van der Waals surface area contributed by atoms with E-state index in [4.69, 9.17) is 0 Å². The number of fused-ring (bicyclic) bond motifs is 1. The molecule has 1 N–H and O–H groups in total. The van der Waals surface area contributed by atoms with E-state index in [1.807, 2.05) is 6.07 Å². The van der Waals surface area contributed by atoms with Crippen LogP contribution in [-0.4, -0.2) is 25.1 Å². The van der Waals surface area contributed by atoms with Gasteiger partial charge in [0.05, 0.1) is 0 Å². The summed E-state index contributed by atoms with van der Waals surface area (Å²) >= 11 is -2.65. The summed E-state index contributed by atoms with van der Waals surface area (Å²) in [6.07, 6.45) is 0. The minimum atomic E-state index is -2.65. The molecule has 1 atom stereocenters. The van der Waals surface area contributed by atoms with Crippen molar-refractivity contribution in [1.82, 2.24) is 0 Å². The first kappa shape index (κ1) is 11.1. The summed E-state index contributed by atoms with van der Waals surface area (Å²) in [4.78, 5) is 12.2. The molecule has 0 fully saturated rings. The number of anilines is 1. The molecule has 4 nitrogen and oxygen atoms in total. The van der Waals surface area contributed by atoms with Gasteiger partial charge in [0.15, 0.2) is 0 Å². The van der Waals surface area contributed by atoms with E-state index in [0.717, 1.165) is 0 Å². The number of hydrogen-bond acceptors (Lipinski definition) is 3. The second-order valence-electron chi connectivity index (χ2n) is 3.86. The van der Waals surface area contributed by atoms with E-state index >= 15 is 0 Å². The third-order valence-corrected chi connectivity index (χ3v) is 5.71. The number of aromatic hydroxyl groups is 1. The van der Waals surface area contributed by atoms with Gasteiger partial charge in [0.2, 0.25) is 0 Å². The number of carbonyl (C=O) groups excluding carboxylic acids is 1. The Morgan fingerprint density at radius 1 is 1.06 bits per heavy atom. The maximum absolute atomic E-state index is 12.4. The van der Waals surface area contributed by atoms with Crippen LogP contribution in [0.2, 0.25) is 0 Å². The molecule has 0 aromatic heterocycles. The van der Waals surface area contributed by atoms with Crippen LogP contribution >= 0.6 is 0 Å². The zero-order chi connectivity index (χ0) is 12.7. The first-order chi connectivity index (χ1) is 8.68. The molecule has 1 heterocycles. The third kappa shape index (κ3) is 1.56. The molecule has 2 aromatic rings. The molecule has 0 radical (unpaired) electrons. The Balaban J connectivity index is 2.13. The van der Waals surface area contributed by atoms with Crippen molar-refractivity contribution in [1.29, 1.82) is 0 Å². The molecule has 2 aromatic carbocycles. The van der Waals surface area contributed by atoms with Gasteiger partial charge in [-0.1, -0.05) is 0 Å². The molecular weight excluding hydrogens is 297 g/mol. The number of carbonyl (C=O) groups is 1. The summed E-state index contributed by atoms with van der Waals surface area (Å²) < 4.78 is 14.1. The zero-order valence-electron chi connectivity index (χ0n) is 9.24. The predicted molar refractivity (Wildman–Crippen MR) is 67.4 cm³/mol. The van der Waals surface area contributed by atoms with Crippen molar-refractivity contribution >= 4 is 30.1 Å². The van der Waals surface area contributed by atoms with Crippen molar-refractivity contribution in [2.45, 2.75) is 0 Å². The SMILES string of the molecule is O=C1c2ccc(O)cc2[Se](=O)N1c1ccccc1. The summed E-state index contributed by atoms with van der Waals surface area (Å²) in [6.45, 7) is 0. The van der Waals surface area contributed by atoms with Gasteiger partial charge in [0.1, 0.15) is 0 Å². The first-order valence-corrected chi connectivity index (χ1v) is 7.65. The monoisotopic (exact) mass is 307 g/mol. The number of phenolic OH excluding ortho intramolecular Hbond substituents is 1. The fraction of sp³-hybridized carbons (Fsp3) is 0. The fourth-order valence-electron chi connectivity index (χ4n) is 1.89. The number of nitrogens with zero attached hydrogens (tertiary/aromatic N) is 1. The standard InChI is InChI=1S/C13H9NO3Se/c15-10-6-7-11-12(8-10)18(17)14(13(11)16)9-4-2-1-3-5-9/h1-8,15H. The molecule has 1 unspecified atom stereocenters. The topological polar surface area (TPSA) is 57.6 Å². The van der Waals surface area contributed by atoms with Crippen LogP contribution in [0.3, 0.4) is 0 Å². The van der Waals surface area contributed by atoms with E-state index in [-0.39, 0.29) is 11.7 Å². The molecule has 1 amide bonds. The minimum absolute atomic E-state index is 0.0288. The third-order valence-electron chi connectivity index (χ3n) is 2.72. The van der Waals surface area contributed by atoms with Crippen molar-refractivity contribution < 1.29 is 13.7 Å². The van der Waals surface area contributed by atoms with E-state index in [2.05, 4.69) is 0 Å². The van der Waals surface area contributed by atoms with Crippen molar-refractivity contribution in [3.63, 3.8) is 0 Å². The Labute approximate surface area is 108 Å². The second kappa shape index (κ2) is 4.05. The van der Waals surface area contributed by atoms with Gasteiger partial charge in [-0.25, -0.2) is 0 Å². The van der Waals surface area contributed by atoms with Crippen LogP contribution in [0.25, 0.3) is 0 Å². The molecule has 0 aliphatic carbocycles. The number of hydrogen-bond donors (Lipinski definition) is 1. The number of rotatable bonds is 1. The number of amides is 1. The Kier molecular flexibility index (Phi) is 2.51. The van der Waals surface area contributed by atoms with E-state index in [0.29, 0.717) is 15.7 Å². The van der Waals surface area contributed by atoms with Crippen LogP contribution in [0, 0.1) is 0 Å². The molecule has 1 aliphatic heterocycles. The van der Waals surface area contributed by atoms with Crippen LogP contribution in [0.5, 0.6) is 5.75 Å². The maximum atomic E-state index is 12.4. The molecule has 0 saturated carbocycles. The molecule has 5 heteroatoms. The second-order valence-corrected chi connectivity index (χ2v) is 6.60. The van der Waals surface area contributed by atoms with Crippen LogP contribution in [0.15, 0.2) is 48.5 Å². The quantitative estimate of drug-likeness (QED) is 0.805. The van der Waals surface area contributed by atoms with Gasteiger partial charge in [0.25, 0.3) is 0 Å². The first-order valence-electron chi connectivity index (χ1n) is 5.33. The number of phenols is 1. The van der Waals surface area contributed by atoms with Crippen molar-refractivity contribution in [2.24, 2.45) is 0 Å². The van der Waals surface area contributed by atoms with E-state index < -0.39 is 14.1 Å². The van der Waals surface area contributed by atoms with Crippen LogP contribution in [-0.2, 0) is 3.83 Å². The molecule has 0 saturated heterocycles. The Bertz CT molecular complexity index is 655. The Hall–Kier alpha value is -1.97. The molecule has 0 spiro atoms. The summed E-state index contributed by atoms with van der Waals surface area (Å²) in [5.41, 5.74) is 1.04. The van der Waals surface area contributed by atoms with Gasteiger partial charge in [-0.05, 0) is 0 Å². The van der Waals surface area contributed by atoms with Crippen molar-refractivity contribution in [3.8, 4) is 5.75 Å². The molecular formula is C13H9NO3Se. The summed E-state index contributed by atoms with van der Waals surface area (Å²) in [6, 6.07) is 13.3. The molecule has 0 bridgehead atoms. The van der Waals surface area contributed by atoms with Crippen molar-refractivity contribution in [2.75, 3.05) is 3.92 Å². The Morgan fingerprint density at radius 3 is 2.50 bits per heavy atom. The van der Waals surface area contributed by atoms with Gasteiger partial charge in [0, 0.05) is 0 Å². The Morgan fingerprint density at radius 2 is 1.78 bits per heavy atom. The van der Waals surface area contributed by atoms with Gasteiger partial charge in [-0.3, -0.25) is 0 Å². The molecule has 3 rings (SSSR count). The van der Waals surface area contributed by atoms with E-state index in [1.165, 1.54) is 22.1 Å². The van der Waals surface area contributed by atoms with Gasteiger partial charge < -0.3 is 0 Å². The van der Waals surface area contributed by atoms with Crippen molar-refractivity contribution in [3.05, 3.63) is 54.1 Å². The normalized spacial score (nSPS) is 17.9. The van der Waals surface area contributed by atoms with Gasteiger partial charge >= 0.3 is 108 Å². The van der Waals surface area contributed by atoms with E-state index in [9.17, 15) is 13.7 Å². The fourth-order valence-corrected chi connectivity index (χ4v) is 4.67. The van der Waals surface area contributed by atoms with Crippen LogP contribution in [0.1, 0.15) is 10.4 Å².